The van der Waals surface area contributed by atoms with Gasteiger partial charge in [0.2, 0.25) is 0 Å². The Balaban J connectivity index is 2.23. The Bertz CT molecular complexity index is 988. The lowest BCUT2D eigenvalue weighted by Crippen LogP contribution is -2.12. The van der Waals surface area contributed by atoms with Crippen molar-refractivity contribution in [3.05, 3.63) is 61.8 Å². The predicted octanol–water partition coefficient (Wildman–Crippen LogP) is 6.79. The Morgan fingerprint density at radius 1 is 1.23 bits per heavy atom. The van der Waals surface area contributed by atoms with Gasteiger partial charge in [0, 0.05) is 17.7 Å². The normalized spacial score (nSPS) is 12.8. The smallest absolute Gasteiger partial charge is 0.159 e. The quantitative estimate of drug-likeness (QED) is 0.401. The number of hydrogen-bond acceptors (Lipinski definition) is 2. The highest BCUT2D eigenvalue weighted by molar-refractivity contribution is 9.10. The third kappa shape index (κ3) is 3.32. The topological polar surface area (TPSA) is 26.5 Å². The van der Waals surface area contributed by atoms with Crippen LogP contribution >= 0.6 is 39.1 Å². The Kier molecular flexibility index (Phi) is 5.52. The van der Waals surface area contributed by atoms with Crippen molar-refractivity contribution in [1.29, 1.82) is 0 Å². The molecule has 0 aliphatic carbocycles. The van der Waals surface area contributed by atoms with Crippen LogP contribution in [0.4, 0.5) is 4.39 Å². The van der Waals surface area contributed by atoms with Crippen LogP contribution in [-0.2, 0) is 0 Å². The average Bonchev–Trinajstić information content (AvgIpc) is 2.92. The van der Waals surface area contributed by atoms with Gasteiger partial charge in [-0.3, -0.25) is 0 Å². The van der Waals surface area contributed by atoms with Crippen molar-refractivity contribution in [2.75, 3.05) is 0 Å². The molecule has 0 fully saturated rings. The highest BCUT2D eigenvalue weighted by Gasteiger charge is 2.25. The van der Waals surface area contributed by atoms with Crippen LogP contribution in [0.5, 0.6) is 5.75 Å². The fourth-order valence-corrected chi connectivity index (χ4v) is 4.18. The van der Waals surface area contributed by atoms with Gasteiger partial charge in [-0.25, -0.2) is 9.37 Å². The number of imidazole rings is 1. The lowest BCUT2D eigenvalue weighted by molar-refractivity contribution is 0.236. The van der Waals surface area contributed by atoms with E-state index in [1.165, 1.54) is 0 Å². The molecule has 2 heterocycles. The van der Waals surface area contributed by atoms with E-state index in [1.54, 1.807) is 6.07 Å². The van der Waals surface area contributed by atoms with Gasteiger partial charge in [-0.1, -0.05) is 30.1 Å². The van der Waals surface area contributed by atoms with Gasteiger partial charge >= 0.3 is 0 Å². The summed E-state index contributed by atoms with van der Waals surface area (Å²) >= 11 is 15.7. The zero-order chi connectivity index (χ0) is 19.2. The van der Waals surface area contributed by atoms with E-state index in [0.29, 0.717) is 10.8 Å². The molecule has 138 valence electrons. The molecule has 0 spiro atoms. The summed E-state index contributed by atoms with van der Waals surface area (Å²) in [5.41, 5.74) is 2.44. The third-order valence-corrected chi connectivity index (χ3v) is 5.46. The monoisotopic (exact) mass is 458 g/mol. The lowest BCUT2D eigenvalue weighted by atomic mass is 9.99. The molecule has 3 nitrogen and oxygen atoms in total. The highest BCUT2D eigenvalue weighted by Crippen LogP contribution is 2.42. The molecule has 0 saturated heterocycles. The number of halogens is 4. The molecule has 26 heavy (non-hydrogen) atoms. The van der Waals surface area contributed by atoms with Crippen molar-refractivity contribution < 1.29 is 9.13 Å². The summed E-state index contributed by atoms with van der Waals surface area (Å²) in [5, 5.41) is 0.665. The van der Waals surface area contributed by atoms with Gasteiger partial charge in [-0.05, 0) is 54.9 Å². The van der Waals surface area contributed by atoms with Crippen molar-refractivity contribution in [1.82, 2.24) is 9.38 Å². The minimum absolute atomic E-state index is 0.0328. The molecule has 0 amide bonds. The SMILES string of the molecule is Cc1nc(C(C)c2cc(Cl)c(F)c(Br)c2OC(C)C)n2cccc(Cl)c12. The summed E-state index contributed by atoms with van der Waals surface area (Å²) < 4.78 is 22.4. The first kappa shape index (κ1) is 19.5. The van der Waals surface area contributed by atoms with Crippen LogP contribution in [0.2, 0.25) is 10.0 Å². The standard InChI is InChI=1S/C19H18BrCl2FN2O/c1-9(2)26-18-12(8-14(22)16(23)15(18)20)10(3)19-24-11(4)17-13(21)6-5-7-25(17)19/h5-10H,1-4H3. The Morgan fingerprint density at radius 2 is 1.92 bits per heavy atom. The van der Waals surface area contributed by atoms with Crippen LogP contribution < -0.4 is 4.74 Å². The van der Waals surface area contributed by atoms with E-state index in [9.17, 15) is 4.39 Å². The zero-order valence-electron chi connectivity index (χ0n) is 14.8. The van der Waals surface area contributed by atoms with Crippen molar-refractivity contribution in [3.63, 3.8) is 0 Å². The molecule has 0 aliphatic heterocycles. The maximum Gasteiger partial charge on any atom is 0.159 e. The molecule has 1 aromatic carbocycles. The number of pyridine rings is 1. The molecule has 0 aliphatic rings. The molecular weight excluding hydrogens is 442 g/mol. The largest absolute Gasteiger partial charge is 0.489 e. The molecule has 0 saturated carbocycles. The summed E-state index contributed by atoms with van der Waals surface area (Å²) in [6.07, 6.45) is 1.79. The van der Waals surface area contributed by atoms with Gasteiger partial charge < -0.3 is 9.14 Å². The van der Waals surface area contributed by atoms with E-state index >= 15 is 0 Å². The highest BCUT2D eigenvalue weighted by atomic mass is 79.9. The lowest BCUT2D eigenvalue weighted by Gasteiger charge is -2.21. The van der Waals surface area contributed by atoms with E-state index in [1.807, 2.05) is 50.4 Å². The second-order valence-electron chi connectivity index (χ2n) is 6.42. The molecule has 0 N–H and O–H groups in total. The van der Waals surface area contributed by atoms with Crippen LogP contribution in [-0.4, -0.2) is 15.5 Å². The van der Waals surface area contributed by atoms with Crippen molar-refractivity contribution in [3.8, 4) is 5.75 Å². The van der Waals surface area contributed by atoms with Gasteiger partial charge in [-0.15, -0.1) is 0 Å². The number of benzene rings is 1. The zero-order valence-corrected chi connectivity index (χ0v) is 17.9. The predicted molar refractivity (Wildman–Crippen MR) is 107 cm³/mol. The number of hydrogen-bond donors (Lipinski definition) is 0. The van der Waals surface area contributed by atoms with Gasteiger partial charge in [0.1, 0.15) is 11.6 Å². The van der Waals surface area contributed by atoms with E-state index < -0.39 is 5.82 Å². The number of rotatable bonds is 4. The van der Waals surface area contributed by atoms with E-state index in [0.717, 1.165) is 22.6 Å². The molecule has 1 atom stereocenters. The number of ether oxygens (including phenoxy) is 1. The van der Waals surface area contributed by atoms with Crippen LogP contribution in [0.1, 0.15) is 43.8 Å². The summed E-state index contributed by atoms with van der Waals surface area (Å²) in [7, 11) is 0. The molecule has 0 radical (unpaired) electrons. The fraction of sp³-hybridized carbons (Fsp3) is 0.316. The van der Waals surface area contributed by atoms with Crippen LogP contribution in [0, 0.1) is 12.7 Å². The molecule has 1 unspecified atom stereocenters. The molecule has 0 bridgehead atoms. The van der Waals surface area contributed by atoms with Crippen LogP contribution in [0.25, 0.3) is 5.52 Å². The maximum absolute atomic E-state index is 14.3. The number of aryl methyl sites for hydroxylation is 1. The average molecular weight is 460 g/mol. The molecule has 3 rings (SSSR count). The van der Waals surface area contributed by atoms with E-state index in [4.69, 9.17) is 32.9 Å². The Hall–Kier alpha value is -1.30. The van der Waals surface area contributed by atoms with Gasteiger partial charge in [-0.2, -0.15) is 0 Å². The first-order valence-electron chi connectivity index (χ1n) is 8.19. The molecular formula is C19H18BrCl2FN2O. The minimum Gasteiger partial charge on any atom is -0.489 e. The number of nitrogens with zero attached hydrogens (tertiary/aromatic N) is 2. The number of aromatic nitrogens is 2. The minimum atomic E-state index is -0.537. The first-order chi connectivity index (χ1) is 12.2. The van der Waals surface area contributed by atoms with Crippen molar-refractivity contribution >= 4 is 44.6 Å². The van der Waals surface area contributed by atoms with Crippen molar-refractivity contribution in [2.45, 2.75) is 39.7 Å². The summed E-state index contributed by atoms with van der Waals surface area (Å²) in [5.74, 6) is 0.484. The Morgan fingerprint density at radius 3 is 2.58 bits per heavy atom. The van der Waals surface area contributed by atoms with Crippen molar-refractivity contribution in [2.24, 2.45) is 0 Å². The van der Waals surface area contributed by atoms with Crippen LogP contribution in [0.3, 0.4) is 0 Å². The van der Waals surface area contributed by atoms with E-state index in [-0.39, 0.29) is 21.5 Å². The van der Waals surface area contributed by atoms with Gasteiger partial charge in [0.05, 0.1) is 31.8 Å². The fourth-order valence-electron chi connectivity index (χ4n) is 3.02. The molecule has 2 aromatic heterocycles. The van der Waals surface area contributed by atoms with E-state index in [2.05, 4.69) is 15.9 Å². The second kappa shape index (κ2) is 7.37. The van der Waals surface area contributed by atoms with Crippen LogP contribution in [0.15, 0.2) is 28.9 Å². The van der Waals surface area contributed by atoms with Gasteiger partial charge in [0.15, 0.2) is 5.82 Å². The summed E-state index contributed by atoms with van der Waals surface area (Å²) in [6.45, 7) is 7.68. The molecule has 7 heteroatoms. The summed E-state index contributed by atoms with van der Waals surface area (Å²) in [4.78, 5) is 4.70. The summed E-state index contributed by atoms with van der Waals surface area (Å²) in [6, 6.07) is 5.30. The molecule has 3 aromatic rings. The first-order valence-corrected chi connectivity index (χ1v) is 9.74. The maximum atomic E-state index is 14.3. The second-order valence-corrected chi connectivity index (χ2v) is 8.03. The Labute approximate surface area is 170 Å². The third-order valence-electron chi connectivity index (χ3n) is 4.17. The number of fused-ring (bicyclic) bond motifs is 1. The van der Waals surface area contributed by atoms with Gasteiger partial charge in [0.25, 0.3) is 0 Å².